The Labute approximate surface area is 110 Å². The third kappa shape index (κ3) is 3.10. The zero-order valence-corrected chi connectivity index (χ0v) is 11.6. The van der Waals surface area contributed by atoms with Gasteiger partial charge in [-0.25, -0.2) is 0 Å². The molecule has 0 amide bonds. The second-order valence-corrected chi connectivity index (χ2v) is 5.63. The van der Waals surface area contributed by atoms with Crippen LogP contribution in [0.5, 0.6) is 0 Å². The highest BCUT2D eigenvalue weighted by Crippen LogP contribution is 2.24. The molecule has 1 atom stereocenters. The van der Waals surface area contributed by atoms with Crippen LogP contribution in [-0.4, -0.2) is 5.78 Å². The number of carbonyl (C=O) groups excluding carboxylic acids is 1. The lowest BCUT2D eigenvalue weighted by Gasteiger charge is -2.17. The topological polar surface area (TPSA) is 17.1 Å². The van der Waals surface area contributed by atoms with E-state index in [2.05, 4.69) is 45.0 Å². The first-order valence-corrected chi connectivity index (χ1v) is 6.84. The molecule has 1 unspecified atom stereocenters. The van der Waals surface area contributed by atoms with Crippen molar-refractivity contribution in [2.75, 3.05) is 0 Å². The number of hydrogen-bond acceptors (Lipinski definition) is 1. The highest BCUT2D eigenvalue weighted by atomic mass is 16.1. The fourth-order valence-electron chi connectivity index (χ4n) is 2.43. The summed E-state index contributed by atoms with van der Waals surface area (Å²) in [4.78, 5) is 12.2. The van der Waals surface area contributed by atoms with Gasteiger partial charge < -0.3 is 0 Å². The number of ketones is 1. The van der Waals surface area contributed by atoms with Crippen LogP contribution in [0.4, 0.5) is 0 Å². The van der Waals surface area contributed by atoms with Crippen molar-refractivity contribution in [1.82, 2.24) is 0 Å². The molecule has 0 heterocycles. The summed E-state index contributed by atoms with van der Waals surface area (Å²) < 4.78 is 0. The molecule has 0 N–H and O–H groups in total. The number of rotatable bonds is 3. The van der Waals surface area contributed by atoms with Crippen molar-refractivity contribution in [3.05, 3.63) is 46.5 Å². The minimum Gasteiger partial charge on any atom is -0.294 e. The van der Waals surface area contributed by atoms with Crippen LogP contribution in [0.25, 0.3) is 0 Å². The molecule has 0 fully saturated rings. The molecule has 96 valence electrons. The maximum absolute atomic E-state index is 12.2. The molecule has 1 heteroatoms. The Morgan fingerprint density at radius 1 is 1.28 bits per heavy atom. The maximum Gasteiger partial charge on any atom is 0.162 e. The van der Waals surface area contributed by atoms with E-state index >= 15 is 0 Å². The molecule has 1 nitrogen and oxygen atoms in total. The van der Waals surface area contributed by atoms with Crippen molar-refractivity contribution < 1.29 is 4.79 Å². The van der Waals surface area contributed by atoms with Crippen LogP contribution in [0.1, 0.15) is 42.9 Å². The summed E-state index contributed by atoms with van der Waals surface area (Å²) in [7, 11) is 0. The number of aryl methyl sites for hydroxylation is 2. The average Bonchev–Trinajstić information content (AvgIpc) is 2.34. The molecule has 0 aliphatic heterocycles. The van der Waals surface area contributed by atoms with Gasteiger partial charge in [0.15, 0.2) is 5.78 Å². The summed E-state index contributed by atoms with van der Waals surface area (Å²) >= 11 is 0. The quantitative estimate of drug-likeness (QED) is 0.777. The molecule has 0 saturated heterocycles. The van der Waals surface area contributed by atoms with Gasteiger partial charge in [0.2, 0.25) is 0 Å². The molecule has 1 aliphatic carbocycles. The lowest BCUT2D eigenvalue weighted by atomic mass is 9.87. The van der Waals surface area contributed by atoms with E-state index in [1.807, 2.05) is 0 Å². The molecule has 0 spiro atoms. The molecular formula is C17H22O. The van der Waals surface area contributed by atoms with Crippen LogP contribution in [0.3, 0.4) is 0 Å². The van der Waals surface area contributed by atoms with Crippen LogP contribution >= 0.6 is 0 Å². The zero-order valence-electron chi connectivity index (χ0n) is 11.6. The largest absolute Gasteiger partial charge is 0.294 e. The number of allylic oxidation sites excluding steroid dienone is 2. The molecule has 0 radical (unpaired) electrons. The Bertz CT molecular complexity index is 482. The Balaban J connectivity index is 2.05. The van der Waals surface area contributed by atoms with Gasteiger partial charge in [-0.15, -0.1) is 0 Å². The first-order valence-electron chi connectivity index (χ1n) is 6.84. The second-order valence-electron chi connectivity index (χ2n) is 5.63. The van der Waals surface area contributed by atoms with Gasteiger partial charge in [0.05, 0.1) is 0 Å². The summed E-state index contributed by atoms with van der Waals surface area (Å²) in [6.45, 7) is 6.46. The lowest BCUT2D eigenvalue weighted by Crippen LogP contribution is -2.12. The van der Waals surface area contributed by atoms with Crippen molar-refractivity contribution >= 4 is 5.78 Å². The fraction of sp³-hybridized carbons (Fsp3) is 0.471. The molecule has 0 bridgehead atoms. The molecule has 1 aromatic carbocycles. The van der Waals surface area contributed by atoms with Gasteiger partial charge in [0, 0.05) is 6.42 Å². The summed E-state index contributed by atoms with van der Waals surface area (Å²) in [6.07, 6.45) is 5.89. The smallest absolute Gasteiger partial charge is 0.162 e. The van der Waals surface area contributed by atoms with Crippen LogP contribution < -0.4 is 0 Å². The third-order valence-electron chi connectivity index (χ3n) is 3.97. The van der Waals surface area contributed by atoms with Gasteiger partial charge in [-0.2, -0.15) is 0 Å². The summed E-state index contributed by atoms with van der Waals surface area (Å²) in [5.41, 5.74) is 4.75. The van der Waals surface area contributed by atoms with Crippen molar-refractivity contribution in [2.45, 2.75) is 46.5 Å². The predicted octanol–water partition coefficient (Wildman–Crippen LogP) is 4.16. The first kappa shape index (κ1) is 13.1. The highest BCUT2D eigenvalue weighted by Gasteiger charge is 2.16. The van der Waals surface area contributed by atoms with Crippen molar-refractivity contribution in [3.63, 3.8) is 0 Å². The van der Waals surface area contributed by atoms with Gasteiger partial charge in [-0.1, -0.05) is 31.2 Å². The second kappa shape index (κ2) is 5.51. The first-order chi connectivity index (χ1) is 8.56. The van der Waals surface area contributed by atoms with Crippen molar-refractivity contribution in [3.8, 4) is 0 Å². The van der Waals surface area contributed by atoms with Crippen molar-refractivity contribution in [1.29, 1.82) is 0 Å². The molecule has 0 saturated carbocycles. The van der Waals surface area contributed by atoms with E-state index in [0.29, 0.717) is 12.2 Å². The van der Waals surface area contributed by atoms with E-state index in [9.17, 15) is 4.79 Å². The molecule has 1 aliphatic rings. The maximum atomic E-state index is 12.2. The zero-order chi connectivity index (χ0) is 13.1. The number of benzene rings is 1. The van der Waals surface area contributed by atoms with E-state index in [-0.39, 0.29) is 0 Å². The van der Waals surface area contributed by atoms with E-state index in [4.69, 9.17) is 0 Å². The van der Waals surface area contributed by atoms with Gasteiger partial charge in [-0.3, -0.25) is 4.79 Å². The van der Waals surface area contributed by atoms with Gasteiger partial charge in [-0.05, 0) is 61.3 Å². The van der Waals surface area contributed by atoms with Crippen LogP contribution in [0.15, 0.2) is 29.8 Å². The number of hydrogen-bond donors (Lipinski definition) is 0. The number of carbonyl (C=O) groups is 1. The SMILES string of the molecule is Cc1ccc(CC(=O)C2=CCC(C)CC2)cc1C. The standard InChI is InChI=1S/C17H22O/c1-12-4-8-16(9-5-12)17(18)11-15-7-6-13(2)14(3)10-15/h6-8,10,12H,4-5,9,11H2,1-3H3. The summed E-state index contributed by atoms with van der Waals surface area (Å²) in [6, 6.07) is 6.32. The highest BCUT2D eigenvalue weighted by molar-refractivity contribution is 5.96. The Morgan fingerprint density at radius 3 is 2.67 bits per heavy atom. The minimum atomic E-state index is 0.310. The third-order valence-corrected chi connectivity index (χ3v) is 3.97. The molecule has 1 aromatic rings. The summed E-state index contributed by atoms with van der Waals surface area (Å²) in [5, 5.41) is 0. The fourth-order valence-corrected chi connectivity index (χ4v) is 2.43. The summed E-state index contributed by atoms with van der Waals surface area (Å²) in [5.74, 6) is 1.05. The van der Waals surface area contributed by atoms with Crippen LogP contribution in [-0.2, 0) is 11.2 Å². The molecule has 18 heavy (non-hydrogen) atoms. The van der Waals surface area contributed by atoms with Crippen LogP contribution in [0, 0.1) is 19.8 Å². The lowest BCUT2D eigenvalue weighted by molar-refractivity contribution is -0.115. The molecular weight excluding hydrogens is 220 g/mol. The van der Waals surface area contributed by atoms with Gasteiger partial charge in [0.25, 0.3) is 0 Å². The number of Topliss-reactive ketones (excluding diaryl/α,β-unsaturated/α-hetero) is 1. The Morgan fingerprint density at radius 2 is 2.06 bits per heavy atom. The van der Waals surface area contributed by atoms with Crippen molar-refractivity contribution in [2.24, 2.45) is 5.92 Å². The van der Waals surface area contributed by atoms with E-state index in [0.717, 1.165) is 36.3 Å². The normalized spacial score (nSPS) is 19.5. The average molecular weight is 242 g/mol. The Hall–Kier alpha value is -1.37. The van der Waals surface area contributed by atoms with Gasteiger partial charge >= 0.3 is 0 Å². The van der Waals surface area contributed by atoms with Gasteiger partial charge in [0.1, 0.15) is 0 Å². The monoisotopic (exact) mass is 242 g/mol. The molecule has 0 aromatic heterocycles. The predicted molar refractivity (Wildman–Crippen MR) is 75.7 cm³/mol. The minimum absolute atomic E-state index is 0.310. The Kier molecular flexibility index (Phi) is 4.00. The van der Waals surface area contributed by atoms with Crippen LogP contribution in [0.2, 0.25) is 0 Å². The van der Waals surface area contributed by atoms with E-state index in [1.54, 1.807) is 0 Å². The van der Waals surface area contributed by atoms with E-state index in [1.165, 1.54) is 11.1 Å². The molecule has 2 rings (SSSR count). The van der Waals surface area contributed by atoms with E-state index < -0.39 is 0 Å².